The van der Waals surface area contributed by atoms with Crippen molar-refractivity contribution in [3.8, 4) is 11.1 Å². The number of rotatable bonds is 2. The zero-order valence-electron chi connectivity index (χ0n) is 16.1. The van der Waals surface area contributed by atoms with Crippen LogP contribution in [0.25, 0.3) is 32.7 Å². The Labute approximate surface area is 178 Å². The Balaban J connectivity index is 1.52. The Morgan fingerprint density at radius 2 is 1.37 bits per heavy atom. The Morgan fingerprint density at radius 3 is 2.07 bits per heavy atom. The number of carbonyl (C=O) groups excluding carboxylic acids is 1. The molecule has 0 spiro atoms. The van der Waals surface area contributed by atoms with Gasteiger partial charge in [0.1, 0.15) is 11.2 Å². The minimum atomic E-state index is -0.289. The van der Waals surface area contributed by atoms with Gasteiger partial charge in [0.25, 0.3) is 5.91 Å². The smallest absolute Gasteiger partial charge is 0.256 e. The second-order valence-corrected chi connectivity index (χ2v) is 8.38. The topological polar surface area (TPSA) is 41.1 Å². The third-order valence-corrected chi connectivity index (χ3v) is 6.67. The summed E-state index contributed by atoms with van der Waals surface area (Å²) in [6.07, 6.45) is -0.289. The number of amides is 1. The molecule has 30 heavy (non-hydrogen) atoms. The van der Waals surface area contributed by atoms with Gasteiger partial charge < -0.3 is 10.6 Å². The van der Waals surface area contributed by atoms with Crippen LogP contribution in [-0.2, 0) is 0 Å². The highest BCUT2D eigenvalue weighted by Crippen LogP contribution is 2.41. The molecule has 0 bridgehead atoms. The average molecular weight is 407 g/mol. The third-order valence-electron chi connectivity index (χ3n) is 5.76. The van der Waals surface area contributed by atoms with Crippen LogP contribution in [0, 0.1) is 0 Å². The van der Waals surface area contributed by atoms with E-state index in [0.29, 0.717) is 0 Å². The van der Waals surface area contributed by atoms with Crippen molar-refractivity contribution in [1.82, 2.24) is 5.32 Å². The number of thiophene rings is 1. The monoisotopic (exact) mass is 406 g/mol. The SMILES string of the molecule is O=C1N[C@H](c2c3ccccc3cc3ccccc23)Nc2scc(-c3ccccc3)c21. The molecule has 1 atom stereocenters. The standard InChI is InChI=1S/C26H18N2OS/c29-25-23-21(16-8-2-1-3-9-16)15-30-26(23)28-24(27-25)22-19-12-6-4-10-17(19)14-18-11-5-7-13-20(18)22/h1-15,24,28H,(H,27,29)/t24-/m0/s1. The van der Waals surface area contributed by atoms with E-state index < -0.39 is 0 Å². The van der Waals surface area contributed by atoms with Crippen molar-refractivity contribution in [2.45, 2.75) is 6.17 Å². The lowest BCUT2D eigenvalue weighted by Gasteiger charge is -2.28. The van der Waals surface area contributed by atoms with Crippen molar-refractivity contribution in [3.05, 3.63) is 101 Å². The van der Waals surface area contributed by atoms with Gasteiger partial charge in [0.2, 0.25) is 0 Å². The Morgan fingerprint density at radius 1 is 0.733 bits per heavy atom. The zero-order valence-corrected chi connectivity index (χ0v) is 16.9. The molecule has 0 saturated heterocycles. The van der Waals surface area contributed by atoms with Crippen molar-refractivity contribution in [2.24, 2.45) is 0 Å². The van der Waals surface area contributed by atoms with Crippen molar-refractivity contribution in [2.75, 3.05) is 5.32 Å². The highest BCUT2D eigenvalue weighted by molar-refractivity contribution is 7.15. The number of hydrogen-bond donors (Lipinski definition) is 2. The van der Waals surface area contributed by atoms with E-state index in [1.54, 1.807) is 11.3 Å². The fourth-order valence-corrected chi connectivity index (χ4v) is 5.39. The van der Waals surface area contributed by atoms with Crippen LogP contribution in [0.1, 0.15) is 22.1 Å². The van der Waals surface area contributed by atoms with Gasteiger partial charge in [0, 0.05) is 16.5 Å². The molecule has 144 valence electrons. The first-order chi connectivity index (χ1) is 14.8. The third kappa shape index (κ3) is 2.61. The van der Waals surface area contributed by atoms with Crippen LogP contribution in [0.15, 0.2) is 90.3 Å². The van der Waals surface area contributed by atoms with E-state index >= 15 is 0 Å². The van der Waals surface area contributed by atoms with Crippen LogP contribution < -0.4 is 10.6 Å². The molecule has 1 aliphatic rings. The van der Waals surface area contributed by atoms with Gasteiger partial charge in [0.15, 0.2) is 0 Å². The van der Waals surface area contributed by atoms with E-state index in [9.17, 15) is 4.79 Å². The molecule has 0 fully saturated rings. The molecule has 4 heteroatoms. The van der Waals surface area contributed by atoms with Gasteiger partial charge in [-0.2, -0.15) is 0 Å². The first kappa shape index (κ1) is 17.2. The predicted molar refractivity (Wildman–Crippen MR) is 125 cm³/mol. The fraction of sp³-hybridized carbons (Fsp3) is 0.0385. The lowest BCUT2D eigenvalue weighted by atomic mass is 9.93. The Hall–Kier alpha value is -3.63. The minimum Gasteiger partial charge on any atom is -0.353 e. The summed E-state index contributed by atoms with van der Waals surface area (Å²) in [7, 11) is 0. The summed E-state index contributed by atoms with van der Waals surface area (Å²) in [5, 5.41) is 14.5. The lowest BCUT2D eigenvalue weighted by Crippen LogP contribution is -2.38. The van der Waals surface area contributed by atoms with Gasteiger partial charge in [0.05, 0.1) is 5.56 Å². The molecule has 2 N–H and O–H groups in total. The van der Waals surface area contributed by atoms with Crippen LogP contribution in [0.2, 0.25) is 0 Å². The van der Waals surface area contributed by atoms with Crippen LogP contribution in [0.5, 0.6) is 0 Å². The quantitative estimate of drug-likeness (QED) is 0.325. The molecule has 0 saturated carbocycles. The second-order valence-electron chi connectivity index (χ2n) is 7.50. The van der Waals surface area contributed by atoms with Crippen LogP contribution in [0.4, 0.5) is 5.00 Å². The number of fused-ring (bicyclic) bond motifs is 3. The van der Waals surface area contributed by atoms with Crippen LogP contribution in [-0.4, -0.2) is 5.91 Å². The van der Waals surface area contributed by atoms with Gasteiger partial charge in [-0.15, -0.1) is 11.3 Å². The summed E-state index contributed by atoms with van der Waals surface area (Å²) in [5.74, 6) is -0.0362. The fourth-order valence-electron chi connectivity index (χ4n) is 4.39. The minimum absolute atomic E-state index is 0.0362. The van der Waals surface area contributed by atoms with E-state index in [1.165, 1.54) is 10.8 Å². The maximum atomic E-state index is 13.3. The van der Waals surface area contributed by atoms with Crippen molar-refractivity contribution in [3.63, 3.8) is 0 Å². The van der Waals surface area contributed by atoms with Crippen molar-refractivity contribution < 1.29 is 4.79 Å². The number of hydrogen-bond acceptors (Lipinski definition) is 3. The molecule has 0 aliphatic carbocycles. The van der Waals surface area contributed by atoms with Gasteiger partial charge in [-0.25, -0.2) is 0 Å². The summed E-state index contributed by atoms with van der Waals surface area (Å²) in [6, 6.07) is 29.0. The normalized spacial score (nSPS) is 15.6. The molecule has 1 amide bonds. The molecule has 3 nitrogen and oxygen atoms in total. The van der Waals surface area contributed by atoms with Gasteiger partial charge in [-0.05, 0) is 33.2 Å². The van der Waals surface area contributed by atoms with E-state index in [1.807, 2.05) is 30.3 Å². The first-order valence-corrected chi connectivity index (χ1v) is 10.8. The molecule has 1 aromatic heterocycles. The van der Waals surface area contributed by atoms with Crippen LogP contribution >= 0.6 is 11.3 Å². The molecule has 4 aromatic carbocycles. The summed E-state index contributed by atoms with van der Waals surface area (Å²) in [5.41, 5.74) is 3.87. The molecular weight excluding hydrogens is 388 g/mol. The Bertz CT molecular complexity index is 1370. The van der Waals surface area contributed by atoms with Crippen molar-refractivity contribution >= 4 is 43.8 Å². The zero-order chi connectivity index (χ0) is 20.1. The molecule has 6 rings (SSSR count). The van der Waals surface area contributed by atoms with Gasteiger partial charge in [-0.1, -0.05) is 78.9 Å². The van der Waals surface area contributed by atoms with E-state index in [4.69, 9.17) is 0 Å². The van der Waals surface area contributed by atoms with Crippen LogP contribution in [0.3, 0.4) is 0 Å². The number of nitrogens with one attached hydrogen (secondary N) is 2. The summed E-state index contributed by atoms with van der Waals surface area (Å²) in [4.78, 5) is 13.3. The largest absolute Gasteiger partial charge is 0.353 e. The molecule has 0 radical (unpaired) electrons. The second kappa shape index (κ2) is 6.71. The van der Waals surface area contributed by atoms with Gasteiger partial charge >= 0.3 is 0 Å². The highest BCUT2D eigenvalue weighted by atomic mass is 32.1. The summed E-state index contributed by atoms with van der Waals surface area (Å²) in [6.45, 7) is 0. The maximum Gasteiger partial charge on any atom is 0.256 e. The molecule has 0 unspecified atom stereocenters. The molecule has 2 heterocycles. The molecule has 1 aliphatic heterocycles. The molecular formula is C26H18N2OS. The van der Waals surface area contributed by atoms with Gasteiger partial charge in [-0.3, -0.25) is 4.79 Å². The Kier molecular flexibility index (Phi) is 3.86. The lowest BCUT2D eigenvalue weighted by molar-refractivity contribution is 0.0937. The number of anilines is 1. The predicted octanol–water partition coefficient (Wildman–Crippen LogP) is 6.58. The average Bonchev–Trinajstić information content (AvgIpc) is 3.22. The summed E-state index contributed by atoms with van der Waals surface area (Å²) < 4.78 is 0. The maximum absolute atomic E-state index is 13.3. The highest BCUT2D eigenvalue weighted by Gasteiger charge is 2.30. The van der Waals surface area contributed by atoms with E-state index in [2.05, 4.69) is 70.6 Å². The first-order valence-electron chi connectivity index (χ1n) is 9.94. The molecule has 5 aromatic rings. The van der Waals surface area contributed by atoms with E-state index in [-0.39, 0.29) is 12.1 Å². The summed E-state index contributed by atoms with van der Waals surface area (Å²) >= 11 is 1.59. The van der Waals surface area contributed by atoms with E-state index in [0.717, 1.165) is 38.0 Å². The number of benzene rings is 4. The number of carbonyl (C=O) groups is 1. The van der Waals surface area contributed by atoms with Crippen molar-refractivity contribution in [1.29, 1.82) is 0 Å².